The summed E-state index contributed by atoms with van der Waals surface area (Å²) >= 11 is 0. The maximum Gasteiger partial charge on any atom is 0.311 e. The van der Waals surface area contributed by atoms with E-state index in [1.165, 1.54) is 19.2 Å². The smallest absolute Gasteiger partial charge is 0.311 e. The third-order valence-electron chi connectivity index (χ3n) is 1.98. The number of benzene rings is 1. The lowest BCUT2D eigenvalue weighted by atomic mass is 10.1. The Kier molecular flexibility index (Phi) is 3.41. The number of hydrogen-bond donors (Lipinski definition) is 2. The maximum atomic E-state index is 10.7. The Hall–Kier alpha value is -2.15. The number of nitro benzene ring substituents is 1. The van der Waals surface area contributed by atoms with Gasteiger partial charge in [0, 0.05) is 6.07 Å². The van der Waals surface area contributed by atoms with Crippen LogP contribution in [0.25, 0.3) is 0 Å². The molecular formula is C9H10N2O5. The molecule has 16 heavy (non-hydrogen) atoms. The van der Waals surface area contributed by atoms with Gasteiger partial charge in [0.05, 0.1) is 12.0 Å². The lowest BCUT2D eigenvalue weighted by Gasteiger charge is -2.08. The quantitative estimate of drug-likeness (QED) is 0.558. The first kappa shape index (κ1) is 11.9. The standard InChI is InChI=1S/C9H10N2O5/c1-16-7-3-2-5(8(12)9(10)13)4-6(7)11(14)15/h2-4,8,12H,1H3,(H2,10,13). The summed E-state index contributed by atoms with van der Waals surface area (Å²) in [7, 11) is 1.28. The lowest BCUT2D eigenvalue weighted by Crippen LogP contribution is -2.20. The largest absolute Gasteiger partial charge is 0.490 e. The molecule has 1 atom stereocenters. The first-order chi connectivity index (χ1) is 7.47. The van der Waals surface area contributed by atoms with Gasteiger partial charge < -0.3 is 15.6 Å². The number of hydrogen-bond acceptors (Lipinski definition) is 5. The molecule has 0 radical (unpaired) electrons. The van der Waals surface area contributed by atoms with E-state index in [2.05, 4.69) is 0 Å². The lowest BCUT2D eigenvalue weighted by molar-refractivity contribution is -0.385. The van der Waals surface area contributed by atoms with Crippen molar-refractivity contribution in [3.8, 4) is 5.75 Å². The normalized spacial score (nSPS) is 11.9. The molecule has 1 amide bonds. The number of aliphatic hydroxyl groups excluding tert-OH is 1. The maximum absolute atomic E-state index is 10.7. The summed E-state index contributed by atoms with van der Waals surface area (Å²) < 4.78 is 4.76. The number of ether oxygens (including phenoxy) is 1. The molecule has 0 spiro atoms. The molecule has 0 aliphatic heterocycles. The zero-order valence-electron chi connectivity index (χ0n) is 8.41. The van der Waals surface area contributed by atoms with Gasteiger partial charge in [0.15, 0.2) is 11.9 Å². The van der Waals surface area contributed by atoms with Gasteiger partial charge in [-0.05, 0) is 11.6 Å². The van der Waals surface area contributed by atoms with Crippen LogP contribution >= 0.6 is 0 Å². The van der Waals surface area contributed by atoms with Gasteiger partial charge in [-0.15, -0.1) is 0 Å². The number of carbonyl (C=O) groups is 1. The number of nitro groups is 1. The Balaban J connectivity index is 3.21. The third-order valence-corrected chi connectivity index (χ3v) is 1.98. The predicted octanol–water partition coefficient (Wildman–Crippen LogP) is 0.122. The zero-order valence-corrected chi connectivity index (χ0v) is 8.41. The van der Waals surface area contributed by atoms with Crippen molar-refractivity contribution in [1.29, 1.82) is 0 Å². The summed E-state index contributed by atoms with van der Waals surface area (Å²) in [6.07, 6.45) is -1.57. The highest BCUT2D eigenvalue weighted by Crippen LogP contribution is 2.29. The average molecular weight is 226 g/mol. The van der Waals surface area contributed by atoms with E-state index in [-0.39, 0.29) is 17.0 Å². The van der Waals surface area contributed by atoms with Gasteiger partial charge in [-0.3, -0.25) is 14.9 Å². The van der Waals surface area contributed by atoms with E-state index in [0.717, 1.165) is 6.07 Å². The van der Waals surface area contributed by atoms with Crippen molar-refractivity contribution >= 4 is 11.6 Å². The SMILES string of the molecule is COc1ccc(C(O)C(N)=O)cc1[N+](=O)[O-]. The Morgan fingerprint density at radius 1 is 1.62 bits per heavy atom. The summed E-state index contributed by atoms with van der Waals surface area (Å²) in [6.45, 7) is 0. The minimum Gasteiger partial charge on any atom is -0.490 e. The van der Waals surface area contributed by atoms with Crippen LogP contribution in [0.4, 0.5) is 5.69 Å². The van der Waals surface area contributed by atoms with Gasteiger partial charge in [-0.2, -0.15) is 0 Å². The number of methoxy groups -OCH3 is 1. The highest BCUT2D eigenvalue weighted by atomic mass is 16.6. The number of rotatable bonds is 4. The molecule has 0 bridgehead atoms. The first-order valence-electron chi connectivity index (χ1n) is 4.27. The number of primary amides is 1. The molecule has 0 aliphatic carbocycles. The predicted molar refractivity (Wildman–Crippen MR) is 53.8 cm³/mol. The molecule has 0 heterocycles. The van der Waals surface area contributed by atoms with Crippen molar-refractivity contribution in [1.82, 2.24) is 0 Å². The van der Waals surface area contributed by atoms with E-state index in [0.29, 0.717) is 0 Å². The van der Waals surface area contributed by atoms with Crippen LogP contribution in [0.5, 0.6) is 5.75 Å². The van der Waals surface area contributed by atoms with Crippen LogP contribution in [0, 0.1) is 10.1 Å². The Morgan fingerprint density at radius 3 is 2.69 bits per heavy atom. The second-order valence-electron chi connectivity index (χ2n) is 2.99. The number of nitrogens with zero attached hydrogens (tertiary/aromatic N) is 1. The van der Waals surface area contributed by atoms with Crippen LogP contribution in [0.15, 0.2) is 18.2 Å². The summed E-state index contributed by atoms with van der Waals surface area (Å²) in [5.74, 6) is -0.926. The van der Waals surface area contributed by atoms with Crippen LogP contribution in [0.2, 0.25) is 0 Å². The molecule has 0 aliphatic rings. The molecule has 1 unspecified atom stereocenters. The molecule has 7 nitrogen and oxygen atoms in total. The minimum absolute atomic E-state index is 0.0467. The fourth-order valence-electron chi connectivity index (χ4n) is 1.18. The summed E-state index contributed by atoms with van der Waals surface area (Å²) in [5.41, 5.74) is 4.60. The van der Waals surface area contributed by atoms with Crippen LogP contribution < -0.4 is 10.5 Å². The number of aliphatic hydroxyl groups is 1. The van der Waals surface area contributed by atoms with Crippen LogP contribution in [-0.4, -0.2) is 23.0 Å². The van der Waals surface area contributed by atoms with Crippen molar-refractivity contribution in [3.05, 3.63) is 33.9 Å². The van der Waals surface area contributed by atoms with E-state index < -0.39 is 16.9 Å². The molecule has 7 heteroatoms. The molecule has 1 aromatic rings. The topological polar surface area (TPSA) is 116 Å². The molecule has 0 saturated heterocycles. The van der Waals surface area contributed by atoms with Gasteiger partial charge in [0.2, 0.25) is 0 Å². The highest BCUT2D eigenvalue weighted by molar-refractivity contribution is 5.80. The molecular weight excluding hydrogens is 216 g/mol. The highest BCUT2D eigenvalue weighted by Gasteiger charge is 2.20. The van der Waals surface area contributed by atoms with Crippen molar-refractivity contribution in [3.63, 3.8) is 0 Å². The van der Waals surface area contributed by atoms with Gasteiger partial charge >= 0.3 is 5.69 Å². The van der Waals surface area contributed by atoms with E-state index in [1.54, 1.807) is 0 Å². The molecule has 1 aromatic carbocycles. The molecule has 3 N–H and O–H groups in total. The van der Waals surface area contributed by atoms with Gasteiger partial charge in [0.1, 0.15) is 0 Å². The fourth-order valence-corrected chi connectivity index (χ4v) is 1.18. The summed E-state index contributed by atoms with van der Waals surface area (Å²) in [6, 6.07) is 3.68. The Bertz CT molecular complexity index is 432. The van der Waals surface area contributed by atoms with E-state index in [9.17, 15) is 20.0 Å². The van der Waals surface area contributed by atoms with Gasteiger partial charge in [-0.25, -0.2) is 0 Å². The minimum atomic E-state index is -1.57. The second-order valence-corrected chi connectivity index (χ2v) is 2.99. The van der Waals surface area contributed by atoms with Crippen LogP contribution in [-0.2, 0) is 4.79 Å². The van der Waals surface area contributed by atoms with Crippen molar-refractivity contribution < 1.29 is 19.6 Å². The van der Waals surface area contributed by atoms with Gasteiger partial charge in [-0.1, -0.05) is 6.07 Å². The Morgan fingerprint density at radius 2 is 2.25 bits per heavy atom. The van der Waals surface area contributed by atoms with Crippen molar-refractivity contribution in [2.45, 2.75) is 6.10 Å². The summed E-state index contributed by atoms with van der Waals surface area (Å²) in [5, 5.41) is 20.0. The van der Waals surface area contributed by atoms with E-state index in [1.807, 2.05) is 0 Å². The molecule has 86 valence electrons. The zero-order chi connectivity index (χ0) is 12.3. The van der Waals surface area contributed by atoms with E-state index >= 15 is 0 Å². The number of nitrogens with two attached hydrogens (primary N) is 1. The fraction of sp³-hybridized carbons (Fsp3) is 0.222. The third kappa shape index (κ3) is 2.26. The van der Waals surface area contributed by atoms with Crippen LogP contribution in [0.3, 0.4) is 0 Å². The molecule has 0 saturated carbocycles. The Labute approximate surface area is 90.6 Å². The summed E-state index contributed by atoms with van der Waals surface area (Å²) in [4.78, 5) is 20.7. The first-order valence-corrected chi connectivity index (χ1v) is 4.27. The van der Waals surface area contributed by atoms with E-state index in [4.69, 9.17) is 10.5 Å². The molecule has 0 aromatic heterocycles. The van der Waals surface area contributed by atoms with Crippen molar-refractivity contribution in [2.75, 3.05) is 7.11 Å². The number of carbonyl (C=O) groups excluding carboxylic acids is 1. The monoisotopic (exact) mass is 226 g/mol. The number of amides is 1. The average Bonchev–Trinajstić information content (AvgIpc) is 2.26. The molecule has 0 fully saturated rings. The second kappa shape index (κ2) is 4.58. The van der Waals surface area contributed by atoms with Crippen molar-refractivity contribution in [2.24, 2.45) is 5.73 Å². The van der Waals surface area contributed by atoms with Gasteiger partial charge in [0.25, 0.3) is 5.91 Å². The van der Waals surface area contributed by atoms with Crippen LogP contribution in [0.1, 0.15) is 11.7 Å². The molecule has 1 rings (SSSR count).